The van der Waals surface area contributed by atoms with Crippen molar-refractivity contribution in [1.82, 2.24) is 35.4 Å². The minimum atomic E-state index is -3.73. The molecule has 4 amide bonds. The molecule has 0 unspecified atom stereocenters. The summed E-state index contributed by atoms with van der Waals surface area (Å²) >= 11 is 1.55. The van der Waals surface area contributed by atoms with Crippen LogP contribution in [-0.4, -0.2) is 93.6 Å². The maximum absolute atomic E-state index is 14.8. The second-order valence-corrected chi connectivity index (χ2v) is 21.7. The number of likely N-dealkylation sites (tertiary alicyclic amines) is 1. The van der Waals surface area contributed by atoms with Gasteiger partial charge >= 0.3 is 0 Å². The number of benzene rings is 3. The number of ether oxygens (including phenoxy) is 1. The molecule has 21 heteroatoms. The van der Waals surface area contributed by atoms with Crippen molar-refractivity contribution in [2.75, 3.05) is 23.6 Å². The van der Waals surface area contributed by atoms with Crippen LogP contribution in [0.5, 0.6) is 11.5 Å². The van der Waals surface area contributed by atoms with Crippen LogP contribution < -0.4 is 31.0 Å². The Hall–Kier alpha value is -6.97. The summed E-state index contributed by atoms with van der Waals surface area (Å²) in [7, 11) is -2.25. The van der Waals surface area contributed by atoms with Gasteiger partial charge in [0.15, 0.2) is 11.6 Å². The molecule has 6 aromatic rings. The summed E-state index contributed by atoms with van der Waals surface area (Å²) < 4.78 is 63.2. The fraction of sp³-hybridized carbons (Fsp3) is 0.373. The van der Waals surface area contributed by atoms with Crippen molar-refractivity contribution in [3.8, 4) is 33.1 Å². The van der Waals surface area contributed by atoms with E-state index in [1.165, 1.54) is 53.9 Å². The Morgan fingerprint density at radius 1 is 0.972 bits per heavy atom. The van der Waals surface area contributed by atoms with E-state index in [0.717, 1.165) is 33.8 Å². The number of sulfonamides is 1. The Morgan fingerprint density at radius 3 is 2.39 bits per heavy atom. The van der Waals surface area contributed by atoms with Gasteiger partial charge in [-0.05, 0) is 79.6 Å². The van der Waals surface area contributed by atoms with Crippen LogP contribution in [0.4, 0.5) is 14.5 Å². The number of hydrogen-bond acceptors (Lipinski definition) is 11. The molecule has 3 aromatic heterocycles. The minimum Gasteiger partial charge on any atom is -0.454 e. The molecule has 0 radical (unpaired) electrons. The van der Waals surface area contributed by atoms with Crippen molar-refractivity contribution in [3.05, 3.63) is 117 Å². The number of unbranched alkanes of at least 4 members (excludes halogenated alkanes) is 2. The number of hydrogen-bond donors (Lipinski definition) is 6. The van der Waals surface area contributed by atoms with Crippen LogP contribution in [0.15, 0.2) is 83.2 Å². The number of carbonyl (C=O) groups is 4. The van der Waals surface area contributed by atoms with E-state index in [1.807, 2.05) is 52.0 Å². The summed E-state index contributed by atoms with van der Waals surface area (Å²) in [6, 6.07) is 14.4. The number of pyridine rings is 1. The Morgan fingerprint density at radius 2 is 1.71 bits per heavy atom. The summed E-state index contributed by atoms with van der Waals surface area (Å²) in [5.41, 5.74) is 4.19. The lowest BCUT2D eigenvalue weighted by molar-refractivity contribution is -0.144. The molecule has 17 nitrogen and oxygen atoms in total. The van der Waals surface area contributed by atoms with Gasteiger partial charge < -0.3 is 40.2 Å². The molecule has 0 saturated carbocycles. The van der Waals surface area contributed by atoms with Crippen molar-refractivity contribution in [3.63, 3.8) is 0 Å². The molecule has 0 spiro atoms. The molecule has 3 aromatic carbocycles. The van der Waals surface area contributed by atoms with E-state index >= 15 is 0 Å². The van der Waals surface area contributed by atoms with Crippen molar-refractivity contribution >= 4 is 61.6 Å². The summed E-state index contributed by atoms with van der Waals surface area (Å²) in [6.45, 7) is 9.22. The summed E-state index contributed by atoms with van der Waals surface area (Å²) in [6.07, 6.45) is 2.13. The number of carbonyl (C=O) groups excluding carboxylic acids is 4. The van der Waals surface area contributed by atoms with Gasteiger partial charge in [-0.2, -0.15) is 0 Å². The second kappa shape index (κ2) is 22.2. The molecule has 4 heterocycles. The van der Waals surface area contributed by atoms with Gasteiger partial charge in [-0.1, -0.05) is 51.5 Å². The average Bonchev–Trinajstić information content (AvgIpc) is 4.09. The smallest absolute Gasteiger partial charge is 0.274 e. The number of fused-ring (bicyclic) bond motifs is 1. The molecule has 0 bridgehead atoms. The van der Waals surface area contributed by atoms with Gasteiger partial charge in [0.05, 0.1) is 27.9 Å². The monoisotopic (exact) mass is 1030 g/mol. The number of aromatic amines is 1. The normalized spacial score (nSPS) is 15.3. The number of aliphatic hydroxyl groups excluding tert-OH is 1. The van der Waals surface area contributed by atoms with Gasteiger partial charge in [-0.25, -0.2) is 22.2 Å². The van der Waals surface area contributed by atoms with Gasteiger partial charge in [0.1, 0.15) is 34.9 Å². The lowest BCUT2D eigenvalue weighted by atomic mass is 9.85. The number of amides is 4. The van der Waals surface area contributed by atoms with Crippen molar-refractivity contribution < 1.29 is 46.2 Å². The first kappa shape index (κ1) is 52.8. The Balaban J connectivity index is 0.945. The molecule has 72 heavy (non-hydrogen) atoms. The Labute approximate surface area is 419 Å². The first-order valence-electron chi connectivity index (χ1n) is 23.5. The van der Waals surface area contributed by atoms with Gasteiger partial charge in [-0.3, -0.25) is 28.7 Å². The highest BCUT2D eigenvalue weighted by atomic mass is 32.2. The number of halogens is 2. The highest BCUT2D eigenvalue weighted by molar-refractivity contribution is 7.92. The Bertz CT molecular complexity index is 3170. The van der Waals surface area contributed by atoms with Crippen LogP contribution in [0.2, 0.25) is 0 Å². The lowest BCUT2D eigenvalue weighted by Crippen LogP contribution is -2.57. The highest BCUT2D eigenvalue weighted by Crippen LogP contribution is 2.40. The minimum absolute atomic E-state index is 0.0401. The molecule has 1 aliphatic heterocycles. The maximum atomic E-state index is 14.8. The van der Waals surface area contributed by atoms with Crippen LogP contribution in [0.25, 0.3) is 32.5 Å². The summed E-state index contributed by atoms with van der Waals surface area (Å²) in [4.78, 5) is 77.4. The lowest BCUT2D eigenvalue weighted by Gasteiger charge is -2.35. The standard InChI is InChI=1S/C51H58F2N8O9S2/c1-7-72(68,69)59-33-17-19-41(70-42-18-16-32(52)21-38(42)53)35(22-33)37-27-60(6)49(66)44-36(37)24-39(57-44)47(64)54-20-10-8-9-11-43(63)58-46(51(3,4)5)50(67)61-26-34(62)23-40(61)48(65)55-25-30-12-14-31(15-13-30)45-29(2)56-28-71-45/h12-19,21-22,24,27-28,34,40,46,57,59,62H,7-11,20,23,25-26H2,1-6H3,(H,54,64)(H,55,65)(H,58,63)/t34-,40+,46-/m1/s1. The number of β-amino-alcohol motifs (C(OH)–C–C–N with tert-alkyl or cyclic N) is 1. The van der Waals surface area contributed by atoms with Crippen LogP contribution >= 0.6 is 11.3 Å². The third-order valence-corrected chi connectivity index (χ3v) is 14.6. The van der Waals surface area contributed by atoms with Crippen LogP contribution in [-0.2, 0) is 38.0 Å². The Kier molecular flexibility index (Phi) is 16.3. The van der Waals surface area contributed by atoms with E-state index in [2.05, 4.69) is 30.6 Å². The van der Waals surface area contributed by atoms with Gasteiger partial charge in [0, 0.05) is 74.0 Å². The molecular formula is C51H58F2N8O9S2. The van der Waals surface area contributed by atoms with Gasteiger partial charge in [-0.15, -0.1) is 11.3 Å². The number of aromatic nitrogens is 3. The van der Waals surface area contributed by atoms with Crippen molar-refractivity contribution in [2.45, 2.75) is 91.5 Å². The third-order valence-electron chi connectivity index (χ3n) is 12.3. The quantitative estimate of drug-likeness (QED) is 0.0460. The second-order valence-electron chi connectivity index (χ2n) is 18.8. The van der Waals surface area contributed by atoms with E-state index in [4.69, 9.17) is 4.74 Å². The van der Waals surface area contributed by atoms with Crippen LogP contribution in [0.1, 0.15) is 81.5 Å². The number of H-pyrrole nitrogens is 1. The molecule has 3 atom stereocenters. The first-order valence-corrected chi connectivity index (χ1v) is 26.0. The molecule has 1 fully saturated rings. The number of nitrogens with one attached hydrogen (secondary N) is 5. The number of thiazole rings is 1. The molecule has 1 saturated heterocycles. The SMILES string of the molecule is CCS(=O)(=O)Nc1ccc(Oc2ccc(F)cc2F)c(-c2cn(C)c(=O)c3[nH]c(C(=O)NCCCCCC(=O)N[C@H](C(=O)N4C[C@H](O)C[C@H]4C(=O)NCc4ccc(-c5scnc5C)cc4)C(C)(C)C)cc23)c1. The number of aryl methyl sites for hydroxylation is 2. The zero-order chi connectivity index (χ0) is 52.1. The molecule has 7 rings (SSSR count). The molecule has 1 aliphatic rings. The van der Waals surface area contributed by atoms with Gasteiger partial charge in [0.25, 0.3) is 11.5 Å². The predicted octanol–water partition coefficient (Wildman–Crippen LogP) is 6.90. The van der Waals surface area contributed by atoms with E-state index in [9.17, 15) is 46.3 Å². The molecular weight excluding hydrogens is 971 g/mol. The number of aliphatic hydroxyl groups is 1. The van der Waals surface area contributed by atoms with Crippen LogP contribution in [0.3, 0.4) is 0 Å². The fourth-order valence-electron chi connectivity index (χ4n) is 8.39. The zero-order valence-electron chi connectivity index (χ0n) is 40.7. The number of rotatable bonds is 19. The van der Waals surface area contributed by atoms with E-state index in [-0.39, 0.29) is 83.5 Å². The average molecular weight is 1030 g/mol. The summed E-state index contributed by atoms with van der Waals surface area (Å²) in [5, 5.41) is 19.5. The molecule has 6 N–H and O–H groups in total. The predicted molar refractivity (Wildman–Crippen MR) is 271 cm³/mol. The van der Waals surface area contributed by atoms with Crippen LogP contribution in [0, 0.1) is 24.0 Å². The largest absolute Gasteiger partial charge is 0.454 e. The number of anilines is 1. The highest BCUT2D eigenvalue weighted by Gasteiger charge is 2.44. The van der Waals surface area contributed by atoms with E-state index in [1.54, 1.807) is 16.8 Å². The summed E-state index contributed by atoms with van der Waals surface area (Å²) in [5.74, 6) is -4.08. The molecule has 0 aliphatic carbocycles. The van der Waals surface area contributed by atoms with E-state index < -0.39 is 68.5 Å². The molecule has 382 valence electrons. The van der Waals surface area contributed by atoms with E-state index in [0.29, 0.717) is 30.9 Å². The maximum Gasteiger partial charge on any atom is 0.274 e. The van der Waals surface area contributed by atoms with Gasteiger partial charge in [0.2, 0.25) is 27.7 Å². The van der Waals surface area contributed by atoms with Crippen molar-refractivity contribution in [2.24, 2.45) is 12.5 Å². The number of nitrogens with zero attached hydrogens (tertiary/aromatic N) is 3. The third kappa shape index (κ3) is 12.5. The zero-order valence-corrected chi connectivity index (χ0v) is 42.4. The van der Waals surface area contributed by atoms with Crippen molar-refractivity contribution in [1.29, 1.82) is 0 Å². The topological polar surface area (TPSA) is 234 Å². The first-order chi connectivity index (χ1) is 34.1. The fourth-order valence-corrected chi connectivity index (χ4v) is 9.83.